The number of hydrogen-bond acceptors (Lipinski definition) is 5. The van der Waals surface area contributed by atoms with Crippen LogP contribution in [0.15, 0.2) is 35.9 Å². The average Bonchev–Trinajstić information content (AvgIpc) is 3.06. The number of carbonyl (C=O) groups is 2. The lowest BCUT2D eigenvalue weighted by Gasteiger charge is -2.11. The fraction of sp³-hybridized carbons (Fsp3) is 0.423. The second-order valence-corrected chi connectivity index (χ2v) is 8.35. The number of benzene rings is 1. The van der Waals surface area contributed by atoms with Crippen LogP contribution in [0.3, 0.4) is 0 Å². The monoisotopic (exact) mass is 451 g/mol. The molecule has 1 aromatic carbocycles. The summed E-state index contributed by atoms with van der Waals surface area (Å²) in [5.41, 5.74) is 3.78. The number of nitrogens with one attached hydrogen (secondary N) is 1. The number of methoxy groups -OCH3 is 1. The van der Waals surface area contributed by atoms with Crippen molar-refractivity contribution in [3.63, 3.8) is 0 Å². The minimum absolute atomic E-state index is 0.134. The summed E-state index contributed by atoms with van der Waals surface area (Å²) in [6, 6.07) is 11.4. The van der Waals surface area contributed by atoms with E-state index in [1.165, 1.54) is 6.08 Å². The Morgan fingerprint density at radius 2 is 1.91 bits per heavy atom. The van der Waals surface area contributed by atoms with Gasteiger partial charge in [-0.25, -0.2) is 4.79 Å². The third kappa shape index (κ3) is 7.83. The fourth-order valence-corrected chi connectivity index (χ4v) is 3.40. The maximum absolute atomic E-state index is 12.3. The van der Waals surface area contributed by atoms with Crippen molar-refractivity contribution in [2.45, 2.75) is 47.1 Å². The molecule has 7 nitrogen and oxygen atoms in total. The van der Waals surface area contributed by atoms with Gasteiger partial charge in [0.2, 0.25) is 0 Å². The molecule has 176 valence electrons. The minimum Gasteiger partial charge on any atom is -0.497 e. The van der Waals surface area contributed by atoms with Gasteiger partial charge in [0.1, 0.15) is 17.4 Å². The predicted molar refractivity (Wildman–Crippen MR) is 128 cm³/mol. The molecular formula is C26H33N3O4. The summed E-state index contributed by atoms with van der Waals surface area (Å²) >= 11 is 0. The number of rotatable bonds is 11. The fourth-order valence-electron chi connectivity index (χ4n) is 3.40. The second kappa shape index (κ2) is 12.5. The van der Waals surface area contributed by atoms with Crippen LogP contribution in [0, 0.1) is 31.1 Å². The van der Waals surface area contributed by atoms with E-state index in [1.807, 2.05) is 50.2 Å². The molecule has 0 atom stereocenters. The van der Waals surface area contributed by atoms with Crippen LogP contribution in [0.4, 0.5) is 0 Å². The van der Waals surface area contributed by atoms with Gasteiger partial charge in [-0.3, -0.25) is 4.79 Å². The standard InChI is InChI=1S/C26H33N3O4/c1-18(2)11-13-29-19(3)14-22(20(29)4)15-23(16-27)26(31)33-17-25(30)28-12-10-21-6-8-24(32-5)9-7-21/h6-9,14-15,18H,10-13,17H2,1-5H3,(H,28,30)/b23-15+. The summed E-state index contributed by atoms with van der Waals surface area (Å²) < 4.78 is 12.4. The molecule has 2 aromatic rings. The SMILES string of the molecule is COc1ccc(CCNC(=O)COC(=O)/C(C#N)=C/c2cc(C)n(CCC(C)C)c2C)cc1. The molecule has 1 aromatic heterocycles. The number of hydrogen-bond donors (Lipinski definition) is 1. The van der Waals surface area contributed by atoms with Gasteiger partial charge in [0, 0.05) is 24.5 Å². The molecule has 0 radical (unpaired) electrons. The lowest BCUT2D eigenvalue weighted by atomic mass is 10.1. The Bertz CT molecular complexity index is 1030. The topological polar surface area (TPSA) is 93.3 Å². The first kappa shape index (κ1) is 25.7. The van der Waals surface area contributed by atoms with E-state index in [1.54, 1.807) is 7.11 Å². The molecular weight excluding hydrogens is 418 g/mol. The zero-order valence-electron chi connectivity index (χ0n) is 20.1. The number of amides is 1. The highest BCUT2D eigenvalue weighted by atomic mass is 16.5. The third-order valence-corrected chi connectivity index (χ3v) is 5.41. The van der Waals surface area contributed by atoms with Crippen LogP contribution in [0.2, 0.25) is 0 Å². The Morgan fingerprint density at radius 1 is 1.21 bits per heavy atom. The van der Waals surface area contributed by atoms with Gasteiger partial charge in [-0.15, -0.1) is 0 Å². The number of aromatic nitrogens is 1. The van der Waals surface area contributed by atoms with Crippen molar-refractivity contribution in [3.8, 4) is 11.8 Å². The highest BCUT2D eigenvalue weighted by Crippen LogP contribution is 2.20. The normalized spacial score (nSPS) is 11.2. The van der Waals surface area contributed by atoms with Crippen LogP contribution in [0.5, 0.6) is 5.75 Å². The van der Waals surface area contributed by atoms with E-state index >= 15 is 0 Å². The van der Waals surface area contributed by atoms with E-state index < -0.39 is 18.5 Å². The lowest BCUT2D eigenvalue weighted by Crippen LogP contribution is -2.30. The van der Waals surface area contributed by atoms with E-state index in [0.29, 0.717) is 18.9 Å². The maximum atomic E-state index is 12.3. The van der Waals surface area contributed by atoms with Crippen molar-refractivity contribution < 1.29 is 19.1 Å². The number of aryl methyl sites for hydroxylation is 1. The van der Waals surface area contributed by atoms with Gasteiger partial charge in [0.15, 0.2) is 6.61 Å². The Balaban J connectivity index is 1.88. The highest BCUT2D eigenvalue weighted by Gasteiger charge is 2.15. The van der Waals surface area contributed by atoms with Gasteiger partial charge in [-0.05, 0) is 68.0 Å². The van der Waals surface area contributed by atoms with Crippen molar-refractivity contribution in [3.05, 3.63) is 58.4 Å². The Labute approximate surface area is 196 Å². The molecule has 1 heterocycles. The lowest BCUT2D eigenvalue weighted by molar-refractivity contribution is -0.144. The van der Waals surface area contributed by atoms with Crippen LogP contribution in [-0.2, 0) is 27.3 Å². The quantitative estimate of drug-likeness (QED) is 0.317. The zero-order valence-corrected chi connectivity index (χ0v) is 20.1. The highest BCUT2D eigenvalue weighted by molar-refractivity contribution is 5.99. The average molecular weight is 452 g/mol. The molecule has 2 rings (SSSR count). The molecule has 0 bridgehead atoms. The van der Waals surface area contributed by atoms with Gasteiger partial charge in [0.05, 0.1) is 7.11 Å². The molecule has 0 saturated carbocycles. The molecule has 7 heteroatoms. The second-order valence-electron chi connectivity index (χ2n) is 8.35. The van der Waals surface area contributed by atoms with Crippen molar-refractivity contribution in [2.75, 3.05) is 20.3 Å². The number of nitriles is 1. The Kier molecular flexibility index (Phi) is 9.74. The van der Waals surface area contributed by atoms with Gasteiger partial charge in [-0.2, -0.15) is 5.26 Å². The largest absolute Gasteiger partial charge is 0.497 e. The molecule has 0 unspecified atom stereocenters. The molecule has 1 amide bonds. The molecule has 0 saturated heterocycles. The van der Waals surface area contributed by atoms with Crippen molar-refractivity contribution in [1.82, 2.24) is 9.88 Å². The molecule has 0 spiro atoms. The van der Waals surface area contributed by atoms with E-state index in [9.17, 15) is 14.9 Å². The van der Waals surface area contributed by atoms with Crippen molar-refractivity contribution in [2.24, 2.45) is 5.92 Å². The summed E-state index contributed by atoms with van der Waals surface area (Å²) in [6.07, 6.45) is 3.21. The van der Waals surface area contributed by atoms with E-state index in [0.717, 1.165) is 41.2 Å². The molecule has 1 N–H and O–H groups in total. The summed E-state index contributed by atoms with van der Waals surface area (Å²) in [5.74, 6) is 0.126. The number of ether oxygens (including phenoxy) is 2. The maximum Gasteiger partial charge on any atom is 0.349 e. The van der Waals surface area contributed by atoms with Crippen molar-refractivity contribution in [1.29, 1.82) is 5.26 Å². The number of esters is 1. The predicted octanol–water partition coefficient (Wildman–Crippen LogP) is 3.97. The number of nitrogens with zero attached hydrogens (tertiary/aromatic N) is 2. The van der Waals surface area contributed by atoms with E-state index in [2.05, 4.69) is 23.7 Å². The van der Waals surface area contributed by atoms with Crippen LogP contribution < -0.4 is 10.1 Å². The van der Waals surface area contributed by atoms with Crippen LogP contribution in [0.1, 0.15) is 42.8 Å². The molecule has 0 aliphatic rings. The number of carbonyl (C=O) groups excluding carboxylic acids is 2. The Hall–Kier alpha value is -3.53. The van der Waals surface area contributed by atoms with E-state index in [4.69, 9.17) is 9.47 Å². The molecule has 0 aliphatic carbocycles. The van der Waals surface area contributed by atoms with Gasteiger partial charge >= 0.3 is 5.97 Å². The van der Waals surface area contributed by atoms with Crippen LogP contribution in [0.25, 0.3) is 6.08 Å². The first-order valence-electron chi connectivity index (χ1n) is 11.1. The Morgan fingerprint density at radius 3 is 2.52 bits per heavy atom. The molecule has 0 fully saturated rings. The first-order valence-corrected chi connectivity index (χ1v) is 11.1. The summed E-state index contributed by atoms with van der Waals surface area (Å²) in [5, 5.41) is 12.1. The van der Waals surface area contributed by atoms with Gasteiger partial charge in [-0.1, -0.05) is 26.0 Å². The molecule has 0 aliphatic heterocycles. The van der Waals surface area contributed by atoms with E-state index in [-0.39, 0.29) is 5.57 Å². The third-order valence-electron chi connectivity index (χ3n) is 5.41. The summed E-state index contributed by atoms with van der Waals surface area (Å²) in [6.45, 7) is 9.18. The zero-order chi connectivity index (χ0) is 24.4. The van der Waals surface area contributed by atoms with Crippen molar-refractivity contribution >= 4 is 18.0 Å². The molecule has 33 heavy (non-hydrogen) atoms. The smallest absolute Gasteiger partial charge is 0.349 e. The van der Waals surface area contributed by atoms with Gasteiger partial charge < -0.3 is 19.4 Å². The van der Waals surface area contributed by atoms with Gasteiger partial charge in [0.25, 0.3) is 5.91 Å². The summed E-state index contributed by atoms with van der Waals surface area (Å²) in [4.78, 5) is 24.4. The minimum atomic E-state index is -0.810. The van der Waals surface area contributed by atoms with Crippen LogP contribution >= 0.6 is 0 Å². The first-order chi connectivity index (χ1) is 15.7. The summed E-state index contributed by atoms with van der Waals surface area (Å²) in [7, 11) is 1.61. The van der Waals surface area contributed by atoms with Crippen LogP contribution in [-0.4, -0.2) is 36.7 Å².